The highest BCUT2D eigenvalue weighted by atomic mass is 16.5. The van der Waals surface area contributed by atoms with E-state index in [1.165, 1.54) is 14.2 Å². The van der Waals surface area contributed by atoms with E-state index in [2.05, 4.69) is 10.2 Å². The topological polar surface area (TPSA) is 70.0 Å². The van der Waals surface area contributed by atoms with E-state index in [0.717, 1.165) is 22.5 Å². The van der Waals surface area contributed by atoms with Gasteiger partial charge in [-0.25, -0.2) is 9.97 Å². The molecule has 0 unspecified atom stereocenters. The standard InChI is InChI=1S/C20H16N4O2/c1-25-19-17-18(20(26-2)24-23-19)22-16(14-11-7-4-8-12-14)15(21-17)13-9-5-3-6-10-13/h3-12H,1-2H3. The zero-order valence-corrected chi connectivity index (χ0v) is 14.4. The van der Waals surface area contributed by atoms with Crippen LogP contribution in [0, 0.1) is 0 Å². The highest BCUT2D eigenvalue weighted by Gasteiger charge is 2.19. The number of nitrogens with zero attached hydrogens (tertiary/aromatic N) is 4. The molecule has 0 aliphatic heterocycles. The lowest BCUT2D eigenvalue weighted by Gasteiger charge is -2.12. The van der Waals surface area contributed by atoms with E-state index in [4.69, 9.17) is 19.4 Å². The van der Waals surface area contributed by atoms with Gasteiger partial charge in [-0.05, 0) is 0 Å². The smallest absolute Gasteiger partial charge is 0.261 e. The summed E-state index contributed by atoms with van der Waals surface area (Å²) in [5.74, 6) is 0.621. The fraction of sp³-hybridized carbons (Fsp3) is 0.100. The van der Waals surface area contributed by atoms with E-state index in [9.17, 15) is 0 Å². The molecule has 0 saturated heterocycles. The Morgan fingerprint density at radius 2 is 0.962 bits per heavy atom. The lowest BCUT2D eigenvalue weighted by atomic mass is 10.0. The second-order valence-corrected chi connectivity index (χ2v) is 5.57. The van der Waals surface area contributed by atoms with Crippen LogP contribution in [0.15, 0.2) is 60.7 Å². The highest BCUT2D eigenvalue weighted by molar-refractivity contribution is 5.90. The molecule has 6 nitrogen and oxygen atoms in total. The first-order valence-electron chi connectivity index (χ1n) is 8.09. The van der Waals surface area contributed by atoms with Crippen molar-refractivity contribution in [3.05, 3.63) is 60.7 Å². The van der Waals surface area contributed by atoms with Crippen molar-refractivity contribution < 1.29 is 9.47 Å². The van der Waals surface area contributed by atoms with Gasteiger partial charge in [0.05, 0.1) is 25.6 Å². The fourth-order valence-electron chi connectivity index (χ4n) is 2.79. The number of hydrogen-bond acceptors (Lipinski definition) is 6. The fourth-order valence-corrected chi connectivity index (χ4v) is 2.79. The predicted molar refractivity (Wildman–Crippen MR) is 99.1 cm³/mol. The van der Waals surface area contributed by atoms with Crippen LogP contribution in [0.4, 0.5) is 0 Å². The first-order chi connectivity index (χ1) is 12.8. The van der Waals surface area contributed by atoms with Gasteiger partial charge in [0.25, 0.3) is 11.8 Å². The number of ether oxygens (including phenoxy) is 2. The van der Waals surface area contributed by atoms with Crippen LogP contribution >= 0.6 is 0 Å². The van der Waals surface area contributed by atoms with Crippen molar-refractivity contribution in [2.24, 2.45) is 0 Å². The van der Waals surface area contributed by atoms with Gasteiger partial charge in [0, 0.05) is 11.1 Å². The summed E-state index contributed by atoms with van der Waals surface area (Å²) in [6, 6.07) is 19.8. The number of fused-ring (bicyclic) bond motifs is 1. The minimum absolute atomic E-state index is 0.310. The van der Waals surface area contributed by atoms with E-state index < -0.39 is 0 Å². The van der Waals surface area contributed by atoms with E-state index in [1.54, 1.807) is 0 Å². The second-order valence-electron chi connectivity index (χ2n) is 5.57. The lowest BCUT2D eigenvalue weighted by molar-refractivity contribution is 0.374. The van der Waals surface area contributed by atoms with E-state index >= 15 is 0 Å². The maximum Gasteiger partial charge on any atom is 0.261 e. The summed E-state index contributed by atoms with van der Waals surface area (Å²) < 4.78 is 10.7. The molecule has 0 fully saturated rings. The highest BCUT2D eigenvalue weighted by Crippen LogP contribution is 2.34. The monoisotopic (exact) mass is 344 g/mol. The summed E-state index contributed by atoms with van der Waals surface area (Å²) in [4.78, 5) is 9.66. The molecule has 0 N–H and O–H groups in total. The zero-order chi connectivity index (χ0) is 17.9. The minimum Gasteiger partial charge on any atom is -0.478 e. The van der Waals surface area contributed by atoms with E-state index in [-0.39, 0.29) is 0 Å². The summed E-state index contributed by atoms with van der Waals surface area (Å²) in [5.41, 5.74) is 4.43. The molecule has 128 valence electrons. The average molecular weight is 344 g/mol. The molecule has 2 aromatic heterocycles. The Morgan fingerprint density at radius 1 is 0.577 bits per heavy atom. The van der Waals surface area contributed by atoms with Gasteiger partial charge in [-0.1, -0.05) is 60.7 Å². The molecule has 2 heterocycles. The van der Waals surface area contributed by atoms with Crippen molar-refractivity contribution in [1.29, 1.82) is 0 Å². The predicted octanol–water partition coefficient (Wildman–Crippen LogP) is 3.77. The van der Waals surface area contributed by atoms with Crippen molar-refractivity contribution in [1.82, 2.24) is 20.2 Å². The van der Waals surface area contributed by atoms with Crippen LogP contribution in [0.1, 0.15) is 0 Å². The van der Waals surface area contributed by atoms with Gasteiger partial charge < -0.3 is 9.47 Å². The van der Waals surface area contributed by atoms with E-state index in [0.29, 0.717) is 22.8 Å². The first kappa shape index (κ1) is 16.0. The van der Waals surface area contributed by atoms with Crippen molar-refractivity contribution >= 4 is 11.0 Å². The van der Waals surface area contributed by atoms with Gasteiger partial charge >= 0.3 is 0 Å². The van der Waals surface area contributed by atoms with Gasteiger partial charge in [-0.2, -0.15) is 0 Å². The third-order valence-corrected chi connectivity index (χ3v) is 4.01. The number of hydrogen-bond donors (Lipinski definition) is 0. The number of rotatable bonds is 4. The third kappa shape index (κ3) is 2.71. The molecular formula is C20H16N4O2. The minimum atomic E-state index is 0.310. The number of aromatic nitrogens is 4. The summed E-state index contributed by atoms with van der Waals surface area (Å²) in [6.45, 7) is 0. The molecule has 4 rings (SSSR count). The van der Waals surface area contributed by atoms with Crippen LogP contribution in [-0.4, -0.2) is 34.4 Å². The van der Waals surface area contributed by atoms with Gasteiger partial charge in [0.2, 0.25) is 0 Å². The van der Waals surface area contributed by atoms with Crippen LogP contribution in [0.2, 0.25) is 0 Å². The molecular weight excluding hydrogens is 328 g/mol. The normalized spacial score (nSPS) is 10.7. The Morgan fingerprint density at radius 3 is 1.31 bits per heavy atom. The zero-order valence-electron chi connectivity index (χ0n) is 14.4. The third-order valence-electron chi connectivity index (χ3n) is 4.01. The SMILES string of the molecule is COc1nnc(OC)c2nc(-c3ccccc3)c(-c3ccccc3)nc12. The van der Waals surface area contributed by atoms with Crippen molar-refractivity contribution in [3.63, 3.8) is 0 Å². The Bertz CT molecular complexity index is 968. The second kappa shape index (κ2) is 6.76. The summed E-state index contributed by atoms with van der Waals surface area (Å²) in [6.07, 6.45) is 0. The number of benzene rings is 2. The van der Waals surface area contributed by atoms with Gasteiger partial charge in [-0.3, -0.25) is 0 Å². The first-order valence-corrected chi connectivity index (χ1v) is 8.09. The molecule has 0 amide bonds. The maximum absolute atomic E-state index is 5.33. The van der Waals surface area contributed by atoms with Gasteiger partial charge in [0.1, 0.15) is 0 Å². The Hall–Kier alpha value is -3.54. The summed E-state index contributed by atoms with van der Waals surface area (Å²) >= 11 is 0. The largest absolute Gasteiger partial charge is 0.478 e. The molecule has 0 aliphatic carbocycles. The van der Waals surface area contributed by atoms with Crippen LogP contribution in [-0.2, 0) is 0 Å². The Balaban J connectivity index is 2.10. The van der Waals surface area contributed by atoms with E-state index in [1.807, 2.05) is 60.7 Å². The van der Waals surface area contributed by atoms with Crippen molar-refractivity contribution in [2.45, 2.75) is 0 Å². The molecule has 0 aliphatic rings. The van der Waals surface area contributed by atoms with Gasteiger partial charge in [-0.15, -0.1) is 10.2 Å². The average Bonchev–Trinajstić information content (AvgIpc) is 2.73. The molecule has 4 aromatic rings. The van der Waals surface area contributed by atoms with Gasteiger partial charge in [0.15, 0.2) is 11.0 Å². The molecule has 2 aromatic carbocycles. The molecule has 0 atom stereocenters. The molecule has 0 bridgehead atoms. The van der Waals surface area contributed by atoms with Crippen LogP contribution in [0.3, 0.4) is 0 Å². The molecule has 0 radical (unpaired) electrons. The number of methoxy groups -OCH3 is 2. The summed E-state index contributed by atoms with van der Waals surface area (Å²) in [7, 11) is 3.07. The Kier molecular flexibility index (Phi) is 4.15. The maximum atomic E-state index is 5.33. The van der Waals surface area contributed by atoms with Crippen molar-refractivity contribution in [2.75, 3.05) is 14.2 Å². The summed E-state index contributed by atoms with van der Waals surface area (Å²) in [5, 5.41) is 8.07. The molecule has 0 spiro atoms. The lowest BCUT2D eigenvalue weighted by Crippen LogP contribution is -2.02. The van der Waals surface area contributed by atoms with Crippen molar-refractivity contribution in [3.8, 4) is 34.3 Å². The quantitative estimate of drug-likeness (QED) is 0.561. The molecule has 6 heteroatoms. The van der Waals surface area contributed by atoms with Crippen LogP contribution in [0.5, 0.6) is 11.8 Å². The molecule has 0 saturated carbocycles. The van der Waals surface area contributed by atoms with Crippen LogP contribution < -0.4 is 9.47 Å². The molecule has 26 heavy (non-hydrogen) atoms. The van der Waals surface area contributed by atoms with Crippen LogP contribution in [0.25, 0.3) is 33.5 Å². The Labute approximate surface area is 150 Å².